The summed E-state index contributed by atoms with van der Waals surface area (Å²) in [6.45, 7) is 0. The molecule has 0 aliphatic rings. The molecule has 21 heavy (non-hydrogen) atoms. The summed E-state index contributed by atoms with van der Waals surface area (Å²) in [4.78, 5) is 5.73. The zero-order valence-corrected chi connectivity index (χ0v) is 12.0. The van der Waals surface area contributed by atoms with Gasteiger partial charge >= 0.3 is 0 Å². The zero-order chi connectivity index (χ0) is 14.2. The average molecular weight is 291 g/mol. The molecule has 0 fully saturated rings. The van der Waals surface area contributed by atoms with E-state index in [0.717, 1.165) is 21.8 Å². The van der Waals surface area contributed by atoms with E-state index >= 15 is 0 Å². The van der Waals surface area contributed by atoms with E-state index in [1.807, 2.05) is 52.4 Å². The van der Waals surface area contributed by atoms with Gasteiger partial charge < -0.3 is 5.73 Å². The number of benzene rings is 1. The van der Waals surface area contributed by atoms with Crippen LogP contribution in [0.15, 0.2) is 66.2 Å². The minimum atomic E-state index is 0.685. The molecule has 1 aromatic carbocycles. The first-order valence-corrected chi connectivity index (χ1v) is 7.58. The van der Waals surface area contributed by atoms with E-state index in [4.69, 9.17) is 5.73 Å². The van der Waals surface area contributed by atoms with E-state index in [1.165, 1.54) is 5.56 Å². The molecule has 0 amide bonds. The highest BCUT2D eigenvalue weighted by Crippen LogP contribution is 2.31. The number of rotatable bonds is 2. The summed E-state index contributed by atoms with van der Waals surface area (Å²) in [5.74, 6) is 0.685. The lowest BCUT2D eigenvalue weighted by atomic mass is 10.1. The fraction of sp³-hybridized carbons (Fsp3) is 0. The fourth-order valence-electron chi connectivity index (χ4n) is 2.46. The van der Waals surface area contributed by atoms with Crippen molar-refractivity contribution in [3.63, 3.8) is 0 Å². The molecule has 4 rings (SSSR count). The molecule has 0 saturated carbocycles. The average Bonchev–Trinajstić information content (AvgIpc) is 3.16. The summed E-state index contributed by atoms with van der Waals surface area (Å²) in [5, 5.41) is 2.04. The Morgan fingerprint density at radius 3 is 2.52 bits per heavy atom. The van der Waals surface area contributed by atoms with Crippen LogP contribution in [-0.4, -0.2) is 9.38 Å². The van der Waals surface area contributed by atoms with Crippen LogP contribution < -0.4 is 5.73 Å². The minimum Gasteiger partial charge on any atom is -0.383 e. The monoisotopic (exact) mass is 291 g/mol. The van der Waals surface area contributed by atoms with E-state index in [9.17, 15) is 0 Å². The highest BCUT2D eigenvalue weighted by Gasteiger charge is 2.12. The molecule has 3 aromatic heterocycles. The number of nitrogens with zero attached hydrogens (tertiary/aromatic N) is 2. The molecule has 0 aliphatic carbocycles. The lowest BCUT2D eigenvalue weighted by Gasteiger charge is -2.03. The van der Waals surface area contributed by atoms with Gasteiger partial charge in [-0.05, 0) is 34.7 Å². The predicted octanol–water partition coefficient (Wildman–Crippen LogP) is 4.31. The van der Waals surface area contributed by atoms with Crippen LogP contribution in [0.3, 0.4) is 0 Å². The van der Waals surface area contributed by atoms with Crippen LogP contribution in [-0.2, 0) is 0 Å². The van der Waals surface area contributed by atoms with E-state index in [0.29, 0.717) is 5.82 Å². The highest BCUT2D eigenvalue weighted by atomic mass is 32.1. The molecular formula is C17H13N3S. The lowest BCUT2D eigenvalue weighted by Crippen LogP contribution is -1.94. The normalized spacial score (nSPS) is 11.0. The largest absolute Gasteiger partial charge is 0.383 e. The summed E-state index contributed by atoms with van der Waals surface area (Å²) in [6, 6.07) is 18.4. The standard InChI is InChI=1S/C17H13N3S/c18-17-16(14-7-4-10-21-14)19-15-9-8-13(11-20(15)17)12-5-2-1-3-6-12/h1-11H,18H2. The third-order valence-corrected chi connectivity index (χ3v) is 4.39. The Balaban J connectivity index is 1.91. The smallest absolute Gasteiger partial charge is 0.139 e. The molecule has 0 bridgehead atoms. The Labute approximate surface area is 126 Å². The highest BCUT2D eigenvalue weighted by molar-refractivity contribution is 7.13. The number of nitrogens with two attached hydrogens (primary N) is 1. The van der Waals surface area contributed by atoms with Crippen LogP contribution in [0.2, 0.25) is 0 Å². The molecule has 3 heterocycles. The van der Waals surface area contributed by atoms with Gasteiger partial charge in [0, 0.05) is 6.20 Å². The summed E-state index contributed by atoms with van der Waals surface area (Å²) in [6.07, 6.45) is 2.05. The Bertz CT molecular complexity index is 893. The van der Waals surface area contributed by atoms with Crippen molar-refractivity contribution in [3.8, 4) is 21.7 Å². The molecule has 3 nitrogen and oxygen atoms in total. The van der Waals surface area contributed by atoms with Gasteiger partial charge in [-0.25, -0.2) is 4.98 Å². The molecule has 0 atom stereocenters. The van der Waals surface area contributed by atoms with Crippen molar-refractivity contribution in [1.82, 2.24) is 9.38 Å². The number of pyridine rings is 1. The van der Waals surface area contributed by atoms with Gasteiger partial charge in [-0.2, -0.15) is 0 Å². The van der Waals surface area contributed by atoms with Gasteiger partial charge in [0.2, 0.25) is 0 Å². The molecule has 0 saturated heterocycles. The van der Waals surface area contributed by atoms with Crippen LogP contribution in [0.4, 0.5) is 5.82 Å². The van der Waals surface area contributed by atoms with Crippen molar-refractivity contribution in [1.29, 1.82) is 0 Å². The first kappa shape index (κ1) is 12.2. The number of anilines is 1. The van der Waals surface area contributed by atoms with E-state index in [1.54, 1.807) is 11.3 Å². The topological polar surface area (TPSA) is 43.3 Å². The van der Waals surface area contributed by atoms with Crippen LogP contribution in [0.25, 0.3) is 27.3 Å². The van der Waals surface area contributed by atoms with E-state index in [-0.39, 0.29) is 0 Å². The van der Waals surface area contributed by atoms with Crippen molar-refractivity contribution >= 4 is 22.8 Å². The number of nitrogen functional groups attached to an aromatic ring is 1. The minimum absolute atomic E-state index is 0.685. The maximum Gasteiger partial charge on any atom is 0.139 e. The first-order chi connectivity index (χ1) is 10.3. The second kappa shape index (κ2) is 4.75. The summed E-state index contributed by atoms with van der Waals surface area (Å²) >= 11 is 1.65. The second-order valence-corrected chi connectivity index (χ2v) is 5.78. The summed E-state index contributed by atoms with van der Waals surface area (Å²) in [7, 11) is 0. The Hall–Kier alpha value is -2.59. The molecule has 4 heteroatoms. The number of hydrogen-bond acceptors (Lipinski definition) is 3. The maximum absolute atomic E-state index is 6.28. The molecule has 0 spiro atoms. The third-order valence-electron chi connectivity index (χ3n) is 3.52. The van der Waals surface area contributed by atoms with Gasteiger partial charge in [0.25, 0.3) is 0 Å². The summed E-state index contributed by atoms with van der Waals surface area (Å²) < 4.78 is 1.96. The lowest BCUT2D eigenvalue weighted by molar-refractivity contribution is 1.20. The number of thiophene rings is 1. The van der Waals surface area contributed by atoms with Crippen LogP contribution in [0.5, 0.6) is 0 Å². The van der Waals surface area contributed by atoms with Crippen molar-refractivity contribution in [2.75, 3.05) is 5.73 Å². The molecule has 2 N–H and O–H groups in total. The van der Waals surface area contributed by atoms with Crippen LogP contribution >= 0.6 is 11.3 Å². The quantitative estimate of drug-likeness (QED) is 0.598. The Morgan fingerprint density at radius 2 is 1.76 bits per heavy atom. The molecule has 4 aromatic rings. The number of hydrogen-bond donors (Lipinski definition) is 1. The van der Waals surface area contributed by atoms with Gasteiger partial charge in [0.15, 0.2) is 0 Å². The number of imidazole rings is 1. The Kier molecular flexibility index (Phi) is 2.75. The molecule has 0 aliphatic heterocycles. The van der Waals surface area contributed by atoms with Crippen molar-refractivity contribution in [3.05, 3.63) is 66.2 Å². The third kappa shape index (κ3) is 2.00. The van der Waals surface area contributed by atoms with Crippen molar-refractivity contribution in [2.45, 2.75) is 0 Å². The van der Waals surface area contributed by atoms with Crippen molar-refractivity contribution in [2.24, 2.45) is 0 Å². The maximum atomic E-state index is 6.28. The molecular weight excluding hydrogens is 278 g/mol. The van der Waals surface area contributed by atoms with Crippen molar-refractivity contribution < 1.29 is 0 Å². The summed E-state index contributed by atoms with van der Waals surface area (Å²) in [5.41, 5.74) is 10.3. The second-order valence-electron chi connectivity index (χ2n) is 4.83. The zero-order valence-electron chi connectivity index (χ0n) is 11.2. The van der Waals surface area contributed by atoms with E-state index < -0.39 is 0 Å². The number of aromatic nitrogens is 2. The predicted molar refractivity (Wildman–Crippen MR) is 88.4 cm³/mol. The molecule has 0 radical (unpaired) electrons. The molecule has 102 valence electrons. The van der Waals surface area contributed by atoms with Gasteiger partial charge in [-0.15, -0.1) is 11.3 Å². The van der Waals surface area contributed by atoms with Gasteiger partial charge in [-0.1, -0.05) is 36.4 Å². The van der Waals surface area contributed by atoms with Gasteiger partial charge in [0.1, 0.15) is 17.2 Å². The van der Waals surface area contributed by atoms with Crippen LogP contribution in [0, 0.1) is 0 Å². The Morgan fingerprint density at radius 1 is 0.905 bits per heavy atom. The molecule has 0 unspecified atom stereocenters. The van der Waals surface area contributed by atoms with E-state index in [2.05, 4.69) is 23.2 Å². The van der Waals surface area contributed by atoms with Gasteiger partial charge in [-0.3, -0.25) is 4.40 Å². The number of fused-ring (bicyclic) bond motifs is 1. The fourth-order valence-corrected chi connectivity index (χ4v) is 3.18. The first-order valence-electron chi connectivity index (χ1n) is 6.70. The van der Waals surface area contributed by atoms with Crippen LogP contribution in [0.1, 0.15) is 0 Å². The SMILES string of the molecule is Nc1c(-c2cccs2)nc2ccc(-c3ccccc3)cn12. The van der Waals surface area contributed by atoms with Gasteiger partial charge in [0.05, 0.1) is 4.88 Å².